The summed E-state index contributed by atoms with van der Waals surface area (Å²) < 4.78 is 5.90. The van der Waals surface area contributed by atoms with Crippen LogP contribution in [0.15, 0.2) is 30.4 Å². The van der Waals surface area contributed by atoms with Crippen LogP contribution in [0.2, 0.25) is 5.02 Å². The van der Waals surface area contributed by atoms with Crippen molar-refractivity contribution in [3.63, 3.8) is 0 Å². The van der Waals surface area contributed by atoms with E-state index in [9.17, 15) is 0 Å². The molecule has 1 aromatic carbocycles. The van der Waals surface area contributed by atoms with Crippen LogP contribution in [-0.2, 0) is 6.42 Å². The molecule has 2 unspecified atom stereocenters. The first-order valence-electron chi connectivity index (χ1n) is 6.52. The van der Waals surface area contributed by atoms with Crippen molar-refractivity contribution >= 4 is 11.6 Å². The lowest BCUT2D eigenvalue weighted by molar-refractivity contribution is 0.230. The summed E-state index contributed by atoms with van der Waals surface area (Å²) >= 11 is 6.24. The highest BCUT2D eigenvalue weighted by molar-refractivity contribution is 6.32. The van der Waals surface area contributed by atoms with Crippen LogP contribution in [0.3, 0.4) is 0 Å². The molecule has 2 N–H and O–H groups in total. The Kier molecular flexibility index (Phi) is 4.67. The Hall–Kier alpha value is -0.990. The molecule has 0 bridgehead atoms. The van der Waals surface area contributed by atoms with E-state index in [4.69, 9.17) is 22.1 Å². The van der Waals surface area contributed by atoms with Gasteiger partial charge in [-0.3, -0.25) is 0 Å². The molecular weight excluding hydrogens is 246 g/mol. The highest BCUT2D eigenvalue weighted by Crippen LogP contribution is 2.28. The summed E-state index contributed by atoms with van der Waals surface area (Å²) in [6.07, 6.45) is 8.69. The van der Waals surface area contributed by atoms with Gasteiger partial charge >= 0.3 is 0 Å². The molecule has 2 rings (SSSR count). The zero-order valence-electron chi connectivity index (χ0n) is 10.7. The Morgan fingerprint density at radius 3 is 2.94 bits per heavy atom. The topological polar surface area (TPSA) is 35.2 Å². The normalized spacial score (nSPS) is 20.7. The van der Waals surface area contributed by atoms with Crippen LogP contribution in [0.25, 0.3) is 0 Å². The summed E-state index contributed by atoms with van der Waals surface area (Å²) in [5, 5.41) is 0.673. The first kappa shape index (κ1) is 13.4. The molecule has 1 aromatic rings. The van der Waals surface area contributed by atoms with Crippen molar-refractivity contribution < 1.29 is 4.74 Å². The van der Waals surface area contributed by atoms with Gasteiger partial charge in [0.2, 0.25) is 0 Å². The molecule has 0 spiro atoms. The largest absolute Gasteiger partial charge is 0.485 e. The quantitative estimate of drug-likeness (QED) is 0.842. The van der Waals surface area contributed by atoms with Crippen LogP contribution in [0.4, 0.5) is 0 Å². The van der Waals surface area contributed by atoms with E-state index < -0.39 is 0 Å². The van der Waals surface area contributed by atoms with Crippen LogP contribution >= 0.6 is 11.6 Å². The van der Waals surface area contributed by atoms with E-state index in [0.29, 0.717) is 5.02 Å². The fraction of sp³-hybridized carbons (Fsp3) is 0.467. The summed E-state index contributed by atoms with van der Waals surface area (Å²) in [6.45, 7) is 1.99. The molecule has 0 fully saturated rings. The van der Waals surface area contributed by atoms with E-state index in [1.807, 2.05) is 25.1 Å². The lowest BCUT2D eigenvalue weighted by Gasteiger charge is -2.19. The average molecular weight is 266 g/mol. The Morgan fingerprint density at radius 2 is 2.33 bits per heavy atom. The van der Waals surface area contributed by atoms with Crippen LogP contribution in [0, 0.1) is 0 Å². The third-order valence-corrected chi connectivity index (χ3v) is 3.34. The Balaban J connectivity index is 2.04. The highest BCUT2D eigenvalue weighted by atomic mass is 35.5. The predicted octanol–water partition coefficient (Wildman–Crippen LogP) is 3.72. The smallest absolute Gasteiger partial charge is 0.138 e. The van der Waals surface area contributed by atoms with Gasteiger partial charge in [-0.25, -0.2) is 0 Å². The van der Waals surface area contributed by atoms with Crippen molar-refractivity contribution in [2.45, 2.75) is 44.8 Å². The monoisotopic (exact) mass is 265 g/mol. The van der Waals surface area contributed by atoms with Crippen molar-refractivity contribution in [3.05, 3.63) is 40.9 Å². The highest BCUT2D eigenvalue weighted by Gasteiger charge is 2.12. The van der Waals surface area contributed by atoms with Gasteiger partial charge in [0.25, 0.3) is 0 Å². The lowest BCUT2D eigenvalue weighted by atomic mass is 10.1. The van der Waals surface area contributed by atoms with Gasteiger partial charge in [-0.05, 0) is 56.4 Å². The zero-order chi connectivity index (χ0) is 13.0. The van der Waals surface area contributed by atoms with Crippen LogP contribution in [0.5, 0.6) is 5.75 Å². The van der Waals surface area contributed by atoms with Crippen molar-refractivity contribution in [3.8, 4) is 5.75 Å². The first-order valence-corrected chi connectivity index (χ1v) is 6.90. The summed E-state index contributed by atoms with van der Waals surface area (Å²) in [6, 6.07) is 6.08. The number of benzene rings is 1. The minimum atomic E-state index is 0.147. The number of hydrogen-bond donors (Lipinski definition) is 1. The Labute approximate surface area is 114 Å². The van der Waals surface area contributed by atoms with Gasteiger partial charge in [0.15, 0.2) is 0 Å². The fourth-order valence-electron chi connectivity index (χ4n) is 2.18. The number of hydrogen-bond acceptors (Lipinski definition) is 2. The third-order valence-electron chi connectivity index (χ3n) is 3.04. The van der Waals surface area contributed by atoms with E-state index >= 15 is 0 Å². The van der Waals surface area contributed by atoms with Gasteiger partial charge in [0, 0.05) is 6.04 Å². The number of allylic oxidation sites excluding steroid dienone is 1. The molecule has 0 aromatic heterocycles. The van der Waals surface area contributed by atoms with Gasteiger partial charge in [-0.15, -0.1) is 0 Å². The van der Waals surface area contributed by atoms with Crippen molar-refractivity contribution in [1.29, 1.82) is 0 Å². The van der Waals surface area contributed by atoms with E-state index in [2.05, 4.69) is 12.2 Å². The molecule has 1 aliphatic rings. The molecule has 2 nitrogen and oxygen atoms in total. The van der Waals surface area contributed by atoms with E-state index in [1.165, 1.54) is 6.42 Å². The van der Waals surface area contributed by atoms with Gasteiger partial charge in [-0.1, -0.05) is 23.7 Å². The van der Waals surface area contributed by atoms with Crippen molar-refractivity contribution in [1.82, 2.24) is 0 Å². The Morgan fingerprint density at radius 1 is 1.50 bits per heavy atom. The number of ether oxygens (including phenoxy) is 1. The van der Waals surface area contributed by atoms with E-state index in [0.717, 1.165) is 30.6 Å². The summed E-state index contributed by atoms with van der Waals surface area (Å²) in [5.41, 5.74) is 6.93. The molecule has 1 aliphatic carbocycles. The molecule has 0 saturated heterocycles. The molecule has 0 aliphatic heterocycles. The van der Waals surface area contributed by atoms with Crippen molar-refractivity contribution in [2.24, 2.45) is 5.73 Å². The Bertz CT molecular complexity index is 429. The zero-order valence-corrected chi connectivity index (χ0v) is 11.5. The second-order valence-corrected chi connectivity index (χ2v) is 5.37. The number of nitrogens with two attached hydrogens (primary N) is 1. The van der Waals surface area contributed by atoms with Gasteiger partial charge in [0.05, 0.1) is 5.02 Å². The average Bonchev–Trinajstić information content (AvgIpc) is 2.33. The molecule has 0 radical (unpaired) electrons. The fourth-order valence-corrected chi connectivity index (χ4v) is 2.43. The van der Waals surface area contributed by atoms with E-state index in [1.54, 1.807) is 0 Å². The maximum atomic E-state index is 6.24. The van der Waals surface area contributed by atoms with Crippen LogP contribution < -0.4 is 10.5 Å². The first-order chi connectivity index (χ1) is 8.65. The molecule has 3 heteroatoms. The second-order valence-electron chi connectivity index (χ2n) is 4.96. The molecule has 98 valence electrons. The lowest BCUT2D eigenvalue weighted by Crippen LogP contribution is -2.18. The molecule has 0 saturated carbocycles. The summed E-state index contributed by atoms with van der Waals surface area (Å²) in [5.74, 6) is 0.765. The second kappa shape index (κ2) is 6.26. The third kappa shape index (κ3) is 3.76. The molecule has 0 amide bonds. The number of rotatable bonds is 4. The SMILES string of the molecule is CC(N)Cc1ccc(OC2C=CCCC2)c(Cl)c1. The predicted molar refractivity (Wildman–Crippen MR) is 76.2 cm³/mol. The minimum Gasteiger partial charge on any atom is -0.485 e. The maximum absolute atomic E-state index is 6.24. The number of halogens is 1. The van der Waals surface area contributed by atoms with Gasteiger partial charge < -0.3 is 10.5 Å². The van der Waals surface area contributed by atoms with Gasteiger partial charge in [-0.2, -0.15) is 0 Å². The molecule has 2 atom stereocenters. The molecule has 18 heavy (non-hydrogen) atoms. The minimum absolute atomic E-state index is 0.147. The summed E-state index contributed by atoms with van der Waals surface area (Å²) in [4.78, 5) is 0. The van der Waals surface area contributed by atoms with Crippen LogP contribution in [0.1, 0.15) is 31.7 Å². The van der Waals surface area contributed by atoms with Gasteiger partial charge in [0.1, 0.15) is 11.9 Å². The summed E-state index contributed by atoms with van der Waals surface area (Å²) in [7, 11) is 0. The van der Waals surface area contributed by atoms with E-state index in [-0.39, 0.29) is 12.1 Å². The van der Waals surface area contributed by atoms with Crippen molar-refractivity contribution in [2.75, 3.05) is 0 Å². The standard InChI is InChI=1S/C15H20ClNO/c1-11(17)9-12-7-8-15(14(16)10-12)18-13-5-3-2-4-6-13/h3,5,7-8,10-11,13H,2,4,6,9,17H2,1H3. The molecular formula is C15H20ClNO. The maximum Gasteiger partial charge on any atom is 0.138 e. The van der Waals surface area contributed by atoms with Crippen LogP contribution in [-0.4, -0.2) is 12.1 Å². The molecule has 0 heterocycles.